The van der Waals surface area contributed by atoms with Crippen LogP contribution in [0.3, 0.4) is 0 Å². The van der Waals surface area contributed by atoms with E-state index >= 15 is 0 Å². The second-order valence-corrected chi connectivity index (χ2v) is 6.68. The first-order valence-corrected chi connectivity index (χ1v) is 9.01. The van der Waals surface area contributed by atoms with Crippen molar-refractivity contribution < 1.29 is 4.42 Å². The maximum absolute atomic E-state index is 5.69. The van der Waals surface area contributed by atoms with Gasteiger partial charge in [-0.05, 0) is 43.6 Å². The lowest BCUT2D eigenvalue weighted by Gasteiger charge is -2.28. The minimum absolute atomic E-state index is 0.249. The van der Waals surface area contributed by atoms with E-state index in [1.165, 1.54) is 18.4 Å². The number of hydrogen-bond acceptors (Lipinski definition) is 3. The molecule has 2 aromatic rings. The summed E-state index contributed by atoms with van der Waals surface area (Å²) in [4.78, 5) is 9.29. The van der Waals surface area contributed by atoms with E-state index < -0.39 is 0 Å². The molecule has 134 valence electrons. The Morgan fingerprint density at radius 3 is 2.56 bits per heavy atom. The molecule has 1 aliphatic rings. The van der Waals surface area contributed by atoms with Crippen molar-refractivity contribution in [3.05, 3.63) is 60.1 Å². The van der Waals surface area contributed by atoms with E-state index in [9.17, 15) is 0 Å². The lowest BCUT2D eigenvalue weighted by atomic mass is 10.2. The van der Waals surface area contributed by atoms with E-state index in [0.717, 1.165) is 31.4 Å². The summed E-state index contributed by atoms with van der Waals surface area (Å²) >= 11 is 0. The molecular formula is C20H28N4O. The van der Waals surface area contributed by atoms with E-state index in [1.54, 1.807) is 6.26 Å². The second-order valence-electron chi connectivity index (χ2n) is 6.68. The summed E-state index contributed by atoms with van der Waals surface area (Å²) in [5.41, 5.74) is 1.21. The van der Waals surface area contributed by atoms with Gasteiger partial charge in [-0.15, -0.1) is 0 Å². The van der Waals surface area contributed by atoms with Crippen LogP contribution in [0.1, 0.15) is 30.2 Å². The third kappa shape index (κ3) is 4.86. The fraction of sp³-hybridized carbons (Fsp3) is 0.450. The van der Waals surface area contributed by atoms with Crippen molar-refractivity contribution >= 4 is 5.96 Å². The third-order valence-corrected chi connectivity index (χ3v) is 4.58. The topological polar surface area (TPSA) is 44.0 Å². The Labute approximate surface area is 150 Å². The van der Waals surface area contributed by atoms with Crippen LogP contribution in [-0.4, -0.2) is 49.5 Å². The molecule has 25 heavy (non-hydrogen) atoms. The first-order chi connectivity index (χ1) is 12.2. The van der Waals surface area contributed by atoms with Crippen LogP contribution in [0.25, 0.3) is 0 Å². The van der Waals surface area contributed by atoms with Crippen molar-refractivity contribution in [1.82, 2.24) is 15.1 Å². The quantitative estimate of drug-likeness (QED) is 0.648. The summed E-state index contributed by atoms with van der Waals surface area (Å²) < 4.78 is 5.69. The molecular weight excluding hydrogens is 312 g/mol. The van der Waals surface area contributed by atoms with Gasteiger partial charge in [-0.2, -0.15) is 0 Å². The van der Waals surface area contributed by atoms with Crippen LogP contribution in [-0.2, 0) is 6.54 Å². The molecule has 2 heterocycles. The molecule has 0 spiro atoms. The maximum atomic E-state index is 5.69. The minimum Gasteiger partial charge on any atom is -0.468 e. The van der Waals surface area contributed by atoms with Gasteiger partial charge >= 0.3 is 0 Å². The molecule has 1 saturated heterocycles. The fourth-order valence-corrected chi connectivity index (χ4v) is 3.24. The summed E-state index contributed by atoms with van der Waals surface area (Å²) in [6.07, 6.45) is 4.29. The molecule has 0 bridgehead atoms. The van der Waals surface area contributed by atoms with Crippen molar-refractivity contribution in [3.63, 3.8) is 0 Å². The van der Waals surface area contributed by atoms with Gasteiger partial charge in [0.1, 0.15) is 5.76 Å². The van der Waals surface area contributed by atoms with Gasteiger partial charge in [0.05, 0.1) is 18.8 Å². The van der Waals surface area contributed by atoms with Crippen molar-refractivity contribution in [3.8, 4) is 0 Å². The monoisotopic (exact) mass is 340 g/mol. The Balaban J connectivity index is 1.66. The molecule has 1 N–H and O–H groups in total. The van der Waals surface area contributed by atoms with Crippen molar-refractivity contribution in [2.24, 2.45) is 4.99 Å². The molecule has 3 rings (SSSR count). The first-order valence-electron chi connectivity index (χ1n) is 9.01. The number of hydrogen-bond donors (Lipinski definition) is 1. The summed E-state index contributed by atoms with van der Waals surface area (Å²) in [6.45, 7) is 3.73. The summed E-state index contributed by atoms with van der Waals surface area (Å²) in [5.74, 6) is 1.93. The van der Waals surface area contributed by atoms with Crippen LogP contribution in [0, 0.1) is 0 Å². The predicted molar refractivity (Wildman–Crippen MR) is 102 cm³/mol. The Hall–Kier alpha value is -2.27. The SMILES string of the molecule is CN(C)C(=NCc1ccccc1)NCC(c1ccco1)N1CCCC1. The standard InChI is InChI=1S/C20H28N4O/c1-23(2)20(21-15-17-9-4-3-5-10-17)22-16-18(19-11-8-14-25-19)24-12-6-7-13-24/h3-5,8-11,14,18H,6-7,12-13,15-16H2,1-2H3,(H,21,22). The number of rotatable bonds is 6. The van der Waals surface area contributed by atoms with Crippen molar-refractivity contribution in [2.45, 2.75) is 25.4 Å². The first kappa shape index (κ1) is 17.5. The Kier molecular flexibility index (Phi) is 6.12. The molecule has 5 nitrogen and oxygen atoms in total. The summed E-state index contributed by atoms with van der Waals surface area (Å²) in [6, 6.07) is 14.6. The Bertz CT molecular complexity index is 646. The van der Waals surface area contributed by atoms with Crippen LogP contribution in [0.2, 0.25) is 0 Å². The van der Waals surface area contributed by atoms with E-state index in [1.807, 2.05) is 43.3 Å². The van der Waals surface area contributed by atoms with Crippen LogP contribution in [0.4, 0.5) is 0 Å². The number of benzene rings is 1. The zero-order valence-corrected chi connectivity index (χ0v) is 15.2. The maximum Gasteiger partial charge on any atom is 0.193 e. The molecule has 0 saturated carbocycles. The van der Waals surface area contributed by atoms with E-state index in [4.69, 9.17) is 9.41 Å². The normalized spacial score (nSPS) is 16.8. The summed E-state index contributed by atoms with van der Waals surface area (Å²) in [5, 5.41) is 3.53. The number of guanidine groups is 1. The number of aliphatic imine (C=N–C) groups is 1. The highest BCUT2D eigenvalue weighted by molar-refractivity contribution is 5.79. The Morgan fingerprint density at radius 1 is 1.16 bits per heavy atom. The van der Waals surface area contributed by atoms with Crippen LogP contribution in [0.5, 0.6) is 0 Å². The number of likely N-dealkylation sites (tertiary alicyclic amines) is 1. The zero-order valence-electron chi connectivity index (χ0n) is 15.2. The number of nitrogens with one attached hydrogen (secondary N) is 1. The number of nitrogens with zero attached hydrogens (tertiary/aromatic N) is 3. The van der Waals surface area contributed by atoms with Gasteiger partial charge < -0.3 is 14.6 Å². The zero-order chi connectivity index (χ0) is 17.5. The predicted octanol–water partition coefficient (Wildman–Crippen LogP) is 3.12. The van der Waals surface area contributed by atoms with Gasteiger partial charge in [0.15, 0.2) is 5.96 Å². The van der Waals surface area contributed by atoms with E-state index in [-0.39, 0.29) is 6.04 Å². The van der Waals surface area contributed by atoms with Gasteiger partial charge in [0.25, 0.3) is 0 Å². The largest absolute Gasteiger partial charge is 0.468 e. The van der Waals surface area contributed by atoms with Gasteiger partial charge in [-0.1, -0.05) is 30.3 Å². The van der Waals surface area contributed by atoms with E-state index in [2.05, 4.69) is 28.4 Å². The van der Waals surface area contributed by atoms with Crippen LogP contribution >= 0.6 is 0 Å². The Morgan fingerprint density at radius 2 is 1.92 bits per heavy atom. The summed E-state index contributed by atoms with van der Waals surface area (Å²) in [7, 11) is 4.04. The lowest BCUT2D eigenvalue weighted by molar-refractivity contribution is 0.214. The highest BCUT2D eigenvalue weighted by Gasteiger charge is 2.25. The highest BCUT2D eigenvalue weighted by Crippen LogP contribution is 2.24. The van der Waals surface area contributed by atoms with Gasteiger partial charge in [-0.3, -0.25) is 4.90 Å². The highest BCUT2D eigenvalue weighted by atomic mass is 16.3. The molecule has 0 radical (unpaired) electrons. The van der Waals surface area contributed by atoms with Gasteiger partial charge in [0.2, 0.25) is 0 Å². The molecule has 1 aromatic heterocycles. The molecule has 1 unspecified atom stereocenters. The molecule has 0 amide bonds. The van der Waals surface area contributed by atoms with Crippen LogP contribution < -0.4 is 5.32 Å². The minimum atomic E-state index is 0.249. The molecule has 5 heteroatoms. The second kappa shape index (κ2) is 8.72. The lowest BCUT2D eigenvalue weighted by Crippen LogP contribution is -2.42. The average molecular weight is 340 g/mol. The number of furan rings is 1. The van der Waals surface area contributed by atoms with Crippen molar-refractivity contribution in [2.75, 3.05) is 33.7 Å². The van der Waals surface area contributed by atoms with Gasteiger partial charge in [0, 0.05) is 20.6 Å². The molecule has 1 fully saturated rings. The molecule has 1 atom stereocenters. The van der Waals surface area contributed by atoms with Crippen LogP contribution in [0.15, 0.2) is 58.1 Å². The van der Waals surface area contributed by atoms with Crippen molar-refractivity contribution in [1.29, 1.82) is 0 Å². The fourth-order valence-electron chi connectivity index (χ4n) is 3.24. The average Bonchev–Trinajstić information content (AvgIpc) is 3.32. The van der Waals surface area contributed by atoms with Gasteiger partial charge in [-0.25, -0.2) is 4.99 Å². The molecule has 0 aliphatic carbocycles. The smallest absolute Gasteiger partial charge is 0.193 e. The molecule has 1 aromatic carbocycles. The third-order valence-electron chi connectivity index (χ3n) is 4.58. The molecule has 1 aliphatic heterocycles. The van der Waals surface area contributed by atoms with E-state index in [0.29, 0.717) is 6.54 Å².